The third kappa shape index (κ3) is 2.77. The van der Waals surface area contributed by atoms with Crippen molar-refractivity contribution in [2.75, 3.05) is 12.4 Å². The van der Waals surface area contributed by atoms with Gasteiger partial charge in [0.05, 0.1) is 0 Å². The molecule has 0 atom stereocenters. The molecule has 92 valence electrons. The number of hydrogen-bond donors (Lipinski definition) is 0. The molecule has 1 heterocycles. The van der Waals surface area contributed by atoms with Crippen molar-refractivity contribution in [3.8, 4) is 0 Å². The smallest absolute Gasteiger partial charge is 0.0495 e. The summed E-state index contributed by atoms with van der Waals surface area (Å²) in [6.07, 6.45) is 1.14. The second kappa shape index (κ2) is 5.59. The van der Waals surface area contributed by atoms with E-state index in [2.05, 4.69) is 59.5 Å². The molecule has 0 radical (unpaired) electrons. The highest BCUT2D eigenvalue weighted by atomic mass is 32.2. The predicted molar refractivity (Wildman–Crippen MR) is 77.7 cm³/mol. The van der Waals surface area contributed by atoms with Crippen LogP contribution in [-0.2, 0) is 13.0 Å². The Kier molecular flexibility index (Phi) is 3.67. The van der Waals surface area contributed by atoms with Crippen molar-refractivity contribution in [1.82, 2.24) is 4.90 Å². The number of benzene rings is 2. The van der Waals surface area contributed by atoms with E-state index in [4.69, 9.17) is 0 Å². The molecule has 2 heteroatoms. The van der Waals surface area contributed by atoms with Crippen LogP contribution in [0, 0.1) is 0 Å². The quantitative estimate of drug-likeness (QED) is 0.821. The molecular weight excluding hydrogens is 238 g/mol. The van der Waals surface area contributed by atoms with Crippen LogP contribution in [0.2, 0.25) is 0 Å². The van der Waals surface area contributed by atoms with Gasteiger partial charge >= 0.3 is 0 Å². The van der Waals surface area contributed by atoms with Gasteiger partial charge in [-0.25, -0.2) is 0 Å². The summed E-state index contributed by atoms with van der Waals surface area (Å²) in [5.41, 5.74) is 2.91. The van der Waals surface area contributed by atoms with Gasteiger partial charge in [-0.15, -0.1) is 11.8 Å². The first-order valence-electron chi connectivity index (χ1n) is 6.39. The molecule has 0 saturated carbocycles. The van der Waals surface area contributed by atoms with Gasteiger partial charge in [0, 0.05) is 23.9 Å². The van der Waals surface area contributed by atoms with Crippen LogP contribution in [0.3, 0.4) is 0 Å². The average Bonchev–Trinajstić information content (AvgIpc) is 2.46. The standard InChI is InChI=1S/C16H17NS/c1-2-6-14(7-3-1)10-11-17-12-15-8-4-5-9-16(15)18-13-17/h1-9H,10-13H2. The van der Waals surface area contributed by atoms with E-state index < -0.39 is 0 Å². The Morgan fingerprint density at radius 1 is 0.944 bits per heavy atom. The molecule has 2 aromatic rings. The Morgan fingerprint density at radius 2 is 1.72 bits per heavy atom. The normalized spacial score (nSPS) is 15.3. The molecule has 2 aromatic carbocycles. The molecule has 0 aliphatic carbocycles. The van der Waals surface area contributed by atoms with Crippen LogP contribution in [-0.4, -0.2) is 17.3 Å². The van der Waals surface area contributed by atoms with E-state index in [9.17, 15) is 0 Å². The minimum Gasteiger partial charge on any atom is -0.289 e. The molecule has 1 aliphatic heterocycles. The highest BCUT2D eigenvalue weighted by molar-refractivity contribution is 7.99. The van der Waals surface area contributed by atoms with Gasteiger partial charge in [-0.2, -0.15) is 0 Å². The van der Waals surface area contributed by atoms with Crippen LogP contribution in [0.15, 0.2) is 59.5 Å². The van der Waals surface area contributed by atoms with Gasteiger partial charge in [-0.05, 0) is 23.6 Å². The van der Waals surface area contributed by atoms with Crippen molar-refractivity contribution in [3.05, 3.63) is 65.7 Å². The summed E-state index contributed by atoms with van der Waals surface area (Å²) in [5.74, 6) is 1.11. The van der Waals surface area contributed by atoms with Crippen molar-refractivity contribution in [2.24, 2.45) is 0 Å². The predicted octanol–water partition coefficient (Wildman–Crippen LogP) is 3.79. The summed E-state index contributed by atoms with van der Waals surface area (Å²) in [5, 5.41) is 0. The second-order valence-corrected chi connectivity index (χ2v) is 5.66. The zero-order valence-corrected chi connectivity index (χ0v) is 11.2. The SMILES string of the molecule is c1ccc(CCN2CSc3ccccc3C2)cc1. The molecule has 0 unspecified atom stereocenters. The van der Waals surface area contributed by atoms with Crippen LogP contribution in [0.1, 0.15) is 11.1 Å². The summed E-state index contributed by atoms with van der Waals surface area (Å²) in [6.45, 7) is 2.24. The Labute approximate surface area is 113 Å². The molecule has 18 heavy (non-hydrogen) atoms. The van der Waals surface area contributed by atoms with Crippen molar-refractivity contribution in [3.63, 3.8) is 0 Å². The van der Waals surface area contributed by atoms with E-state index >= 15 is 0 Å². The molecule has 3 rings (SSSR count). The first kappa shape index (κ1) is 11.8. The number of nitrogens with zero attached hydrogens (tertiary/aromatic N) is 1. The maximum absolute atomic E-state index is 2.53. The molecule has 0 fully saturated rings. The molecule has 0 saturated heterocycles. The molecule has 1 nitrogen and oxygen atoms in total. The fraction of sp³-hybridized carbons (Fsp3) is 0.250. The van der Waals surface area contributed by atoms with Gasteiger partial charge in [-0.1, -0.05) is 48.5 Å². The van der Waals surface area contributed by atoms with E-state index in [1.165, 1.54) is 16.0 Å². The zero-order valence-electron chi connectivity index (χ0n) is 10.4. The molecule has 0 amide bonds. The van der Waals surface area contributed by atoms with Crippen LogP contribution in [0.4, 0.5) is 0 Å². The fourth-order valence-corrected chi connectivity index (χ4v) is 3.33. The lowest BCUT2D eigenvalue weighted by atomic mass is 10.1. The van der Waals surface area contributed by atoms with E-state index in [0.717, 1.165) is 25.4 Å². The van der Waals surface area contributed by atoms with Crippen LogP contribution < -0.4 is 0 Å². The summed E-state index contributed by atoms with van der Waals surface area (Å²) in [7, 11) is 0. The maximum atomic E-state index is 2.53. The highest BCUT2D eigenvalue weighted by Gasteiger charge is 2.15. The van der Waals surface area contributed by atoms with Crippen molar-refractivity contribution in [1.29, 1.82) is 0 Å². The first-order chi connectivity index (χ1) is 8.92. The van der Waals surface area contributed by atoms with Crippen LogP contribution in [0.5, 0.6) is 0 Å². The van der Waals surface area contributed by atoms with E-state index in [-0.39, 0.29) is 0 Å². The van der Waals surface area contributed by atoms with Gasteiger partial charge in [0.2, 0.25) is 0 Å². The molecule has 0 bridgehead atoms. The number of rotatable bonds is 3. The lowest BCUT2D eigenvalue weighted by molar-refractivity contribution is 0.309. The second-order valence-electron chi connectivity index (χ2n) is 4.67. The summed E-state index contributed by atoms with van der Waals surface area (Å²) >= 11 is 1.96. The summed E-state index contributed by atoms with van der Waals surface area (Å²) < 4.78 is 0. The largest absolute Gasteiger partial charge is 0.289 e. The Bertz CT molecular complexity index is 510. The van der Waals surface area contributed by atoms with Crippen molar-refractivity contribution >= 4 is 11.8 Å². The number of hydrogen-bond acceptors (Lipinski definition) is 2. The zero-order chi connectivity index (χ0) is 12.2. The number of thioether (sulfide) groups is 1. The minimum atomic E-state index is 1.09. The minimum absolute atomic E-state index is 1.09. The third-order valence-electron chi connectivity index (χ3n) is 3.33. The van der Waals surface area contributed by atoms with Gasteiger partial charge in [0.25, 0.3) is 0 Å². The van der Waals surface area contributed by atoms with Crippen LogP contribution >= 0.6 is 11.8 Å². The number of fused-ring (bicyclic) bond motifs is 1. The van der Waals surface area contributed by atoms with Crippen molar-refractivity contribution in [2.45, 2.75) is 17.9 Å². The molecular formula is C16H17NS. The highest BCUT2D eigenvalue weighted by Crippen LogP contribution is 2.29. The Balaban J connectivity index is 1.60. The molecule has 0 aromatic heterocycles. The molecule has 0 spiro atoms. The average molecular weight is 255 g/mol. The summed E-state index contributed by atoms with van der Waals surface area (Å²) in [6, 6.07) is 19.5. The molecule has 0 N–H and O–H groups in total. The van der Waals surface area contributed by atoms with Crippen LogP contribution in [0.25, 0.3) is 0 Å². The van der Waals surface area contributed by atoms with Gasteiger partial charge in [-0.3, -0.25) is 4.90 Å². The fourth-order valence-electron chi connectivity index (χ4n) is 2.30. The van der Waals surface area contributed by atoms with E-state index in [1.807, 2.05) is 11.8 Å². The Hall–Kier alpha value is -1.25. The van der Waals surface area contributed by atoms with Gasteiger partial charge in [0.1, 0.15) is 0 Å². The third-order valence-corrected chi connectivity index (χ3v) is 4.53. The first-order valence-corrected chi connectivity index (χ1v) is 7.37. The van der Waals surface area contributed by atoms with E-state index in [0.29, 0.717) is 0 Å². The van der Waals surface area contributed by atoms with Gasteiger partial charge < -0.3 is 0 Å². The molecule has 1 aliphatic rings. The summed E-state index contributed by atoms with van der Waals surface area (Å²) in [4.78, 5) is 3.98. The lowest BCUT2D eigenvalue weighted by Crippen LogP contribution is -2.28. The monoisotopic (exact) mass is 255 g/mol. The van der Waals surface area contributed by atoms with Gasteiger partial charge in [0.15, 0.2) is 0 Å². The lowest BCUT2D eigenvalue weighted by Gasteiger charge is -2.28. The Morgan fingerprint density at radius 3 is 2.61 bits per heavy atom. The topological polar surface area (TPSA) is 3.24 Å². The van der Waals surface area contributed by atoms with Crippen molar-refractivity contribution < 1.29 is 0 Å². The van der Waals surface area contributed by atoms with E-state index in [1.54, 1.807) is 0 Å². The maximum Gasteiger partial charge on any atom is 0.0495 e.